The van der Waals surface area contributed by atoms with E-state index in [2.05, 4.69) is 5.32 Å². The van der Waals surface area contributed by atoms with Crippen molar-refractivity contribution in [3.8, 4) is 5.69 Å². The highest BCUT2D eigenvalue weighted by Crippen LogP contribution is 2.49. The van der Waals surface area contributed by atoms with Gasteiger partial charge in [0, 0.05) is 13.5 Å². The minimum Gasteiger partial charge on any atom is -0.453 e. The molecule has 2 aromatic rings. The maximum Gasteiger partial charge on any atom is 0.306 e. The molecule has 1 N–H and O–H groups in total. The lowest BCUT2D eigenvalue weighted by molar-refractivity contribution is -0.154. The minimum absolute atomic E-state index is 0.197. The van der Waals surface area contributed by atoms with Crippen molar-refractivity contribution in [3.63, 3.8) is 0 Å². The van der Waals surface area contributed by atoms with Gasteiger partial charge in [0.05, 0.1) is 11.4 Å². The lowest BCUT2D eigenvalue weighted by Gasteiger charge is -2.21. The van der Waals surface area contributed by atoms with Gasteiger partial charge >= 0.3 is 5.97 Å². The fourth-order valence-electron chi connectivity index (χ4n) is 5.08. The first-order valence-electron chi connectivity index (χ1n) is 10.7. The molecule has 7 nitrogen and oxygen atoms in total. The van der Waals surface area contributed by atoms with E-state index in [4.69, 9.17) is 4.74 Å². The van der Waals surface area contributed by atoms with Crippen molar-refractivity contribution in [2.75, 3.05) is 5.32 Å². The van der Waals surface area contributed by atoms with Crippen LogP contribution in [-0.2, 0) is 21.4 Å². The van der Waals surface area contributed by atoms with Crippen LogP contribution in [0.4, 0.5) is 5.69 Å². The van der Waals surface area contributed by atoms with Gasteiger partial charge in [-0.25, -0.2) is 4.68 Å². The lowest BCUT2D eigenvalue weighted by atomic mass is 9.86. The second-order valence-electron chi connectivity index (χ2n) is 8.70. The molecule has 1 aromatic heterocycles. The van der Waals surface area contributed by atoms with Crippen LogP contribution in [0.25, 0.3) is 5.69 Å². The van der Waals surface area contributed by atoms with Gasteiger partial charge in [-0.2, -0.15) is 0 Å². The van der Waals surface area contributed by atoms with Gasteiger partial charge in [0.25, 0.3) is 11.5 Å². The largest absolute Gasteiger partial charge is 0.453 e. The van der Waals surface area contributed by atoms with Crippen LogP contribution in [0.15, 0.2) is 35.1 Å². The smallest absolute Gasteiger partial charge is 0.306 e. The van der Waals surface area contributed by atoms with Crippen LogP contribution in [0.5, 0.6) is 0 Å². The first-order valence-corrected chi connectivity index (χ1v) is 10.7. The Labute approximate surface area is 176 Å². The Morgan fingerprint density at radius 1 is 1.20 bits per heavy atom. The van der Waals surface area contributed by atoms with Crippen LogP contribution in [0.1, 0.15) is 44.7 Å². The Bertz CT molecular complexity index is 1010. The molecular formula is C23H29N3O4. The zero-order valence-electron chi connectivity index (χ0n) is 17.8. The molecule has 0 radical (unpaired) electrons. The zero-order chi connectivity index (χ0) is 21.4. The van der Waals surface area contributed by atoms with E-state index in [0.29, 0.717) is 29.6 Å². The molecule has 2 bridgehead atoms. The molecule has 30 heavy (non-hydrogen) atoms. The summed E-state index contributed by atoms with van der Waals surface area (Å²) in [6, 6.07) is 9.22. The number of anilines is 1. The highest BCUT2D eigenvalue weighted by Gasteiger charge is 2.40. The van der Waals surface area contributed by atoms with Gasteiger partial charge in [-0.05, 0) is 63.0 Å². The van der Waals surface area contributed by atoms with Crippen LogP contribution in [0, 0.1) is 24.7 Å². The standard InChI is InChI=1S/C23H29N3O4/c1-14-21(23(29)26(25(14)3)19-7-5-4-6-8-19)24-22(28)15(2)30-20(27)13-18-12-16-9-10-17(18)11-16/h4-8,15-18H,9-13H2,1-3H3,(H,24,28)/t15-,16+,17+,18-/m1/s1. The van der Waals surface area contributed by atoms with E-state index >= 15 is 0 Å². The molecule has 1 heterocycles. The molecule has 2 aliphatic rings. The maximum absolute atomic E-state index is 12.9. The molecule has 0 aliphatic heterocycles. The summed E-state index contributed by atoms with van der Waals surface area (Å²) in [6.07, 6.45) is 4.24. The molecule has 0 unspecified atom stereocenters. The molecule has 160 valence electrons. The monoisotopic (exact) mass is 411 g/mol. The number of carbonyl (C=O) groups excluding carboxylic acids is 2. The quantitative estimate of drug-likeness (QED) is 0.740. The highest BCUT2D eigenvalue weighted by molar-refractivity contribution is 5.95. The molecule has 4 rings (SSSR count). The molecule has 4 atom stereocenters. The van der Waals surface area contributed by atoms with Crippen molar-refractivity contribution in [3.05, 3.63) is 46.4 Å². The van der Waals surface area contributed by atoms with Gasteiger partial charge in [-0.3, -0.25) is 19.1 Å². The normalized spacial score (nSPS) is 23.4. The summed E-state index contributed by atoms with van der Waals surface area (Å²) in [5.74, 6) is 0.960. The van der Waals surface area contributed by atoms with Gasteiger partial charge in [0.15, 0.2) is 6.10 Å². The van der Waals surface area contributed by atoms with Crippen molar-refractivity contribution in [2.45, 2.75) is 52.1 Å². The Morgan fingerprint density at radius 3 is 2.57 bits per heavy atom. The Hall–Kier alpha value is -2.83. The van der Waals surface area contributed by atoms with Crippen molar-refractivity contribution in [2.24, 2.45) is 24.8 Å². The third-order valence-electron chi connectivity index (χ3n) is 6.79. The maximum atomic E-state index is 12.9. The fourth-order valence-corrected chi connectivity index (χ4v) is 5.08. The number of para-hydroxylation sites is 1. The lowest BCUT2D eigenvalue weighted by Crippen LogP contribution is -2.32. The topological polar surface area (TPSA) is 82.3 Å². The number of nitrogens with one attached hydrogen (secondary N) is 1. The number of rotatable bonds is 6. The van der Waals surface area contributed by atoms with Crippen molar-refractivity contribution in [1.29, 1.82) is 0 Å². The summed E-state index contributed by atoms with van der Waals surface area (Å²) >= 11 is 0. The Kier molecular flexibility index (Phi) is 5.54. The van der Waals surface area contributed by atoms with Gasteiger partial charge < -0.3 is 10.1 Å². The number of aromatic nitrogens is 2. The average Bonchev–Trinajstić information content (AvgIpc) is 3.39. The summed E-state index contributed by atoms with van der Waals surface area (Å²) in [6.45, 7) is 3.31. The van der Waals surface area contributed by atoms with E-state index in [0.717, 1.165) is 12.3 Å². The third kappa shape index (κ3) is 3.80. The van der Waals surface area contributed by atoms with Crippen molar-refractivity contribution in [1.82, 2.24) is 9.36 Å². The number of esters is 1. The number of benzene rings is 1. The molecule has 0 saturated heterocycles. The summed E-state index contributed by atoms with van der Waals surface area (Å²) < 4.78 is 8.58. The summed E-state index contributed by atoms with van der Waals surface area (Å²) in [5, 5.41) is 2.66. The van der Waals surface area contributed by atoms with E-state index in [1.54, 1.807) is 25.6 Å². The molecule has 0 spiro atoms. The zero-order valence-corrected chi connectivity index (χ0v) is 17.8. The SMILES string of the molecule is Cc1c(NC(=O)[C@@H](C)OC(=O)C[C@H]2C[C@H]3CC[C@H]2C3)c(=O)n(-c2ccccc2)n1C. The van der Waals surface area contributed by atoms with E-state index < -0.39 is 12.0 Å². The number of hydrogen-bond acceptors (Lipinski definition) is 4. The summed E-state index contributed by atoms with van der Waals surface area (Å²) in [7, 11) is 1.76. The predicted molar refractivity (Wildman–Crippen MR) is 113 cm³/mol. The van der Waals surface area contributed by atoms with Crippen molar-refractivity contribution < 1.29 is 14.3 Å². The van der Waals surface area contributed by atoms with E-state index in [1.807, 2.05) is 30.3 Å². The number of amides is 1. The van der Waals surface area contributed by atoms with Crippen LogP contribution in [0.2, 0.25) is 0 Å². The second kappa shape index (κ2) is 8.13. The molecule has 7 heteroatoms. The molecule has 2 fully saturated rings. The number of nitrogens with zero attached hydrogens (tertiary/aromatic N) is 2. The molecule has 2 aliphatic carbocycles. The second-order valence-corrected chi connectivity index (χ2v) is 8.70. The van der Waals surface area contributed by atoms with Crippen molar-refractivity contribution >= 4 is 17.6 Å². The van der Waals surface area contributed by atoms with Gasteiger partial charge in [-0.1, -0.05) is 24.6 Å². The van der Waals surface area contributed by atoms with Gasteiger partial charge in [0.1, 0.15) is 5.69 Å². The Balaban J connectivity index is 1.41. The van der Waals surface area contributed by atoms with E-state index in [9.17, 15) is 14.4 Å². The number of ether oxygens (including phenoxy) is 1. The van der Waals surface area contributed by atoms with Crippen LogP contribution in [0.3, 0.4) is 0 Å². The third-order valence-corrected chi connectivity index (χ3v) is 6.79. The number of fused-ring (bicyclic) bond motifs is 2. The number of carbonyl (C=O) groups is 2. The van der Waals surface area contributed by atoms with Crippen LogP contribution < -0.4 is 10.9 Å². The molecule has 1 amide bonds. The van der Waals surface area contributed by atoms with Gasteiger partial charge in [-0.15, -0.1) is 0 Å². The fraction of sp³-hybridized carbons (Fsp3) is 0.522. The highest BCUT2D eigenvalue weighted by atomic mass is 16.5. The van der Waals surface area contributed by atoms with Gasteiger partial charge in [0.2, 0.25) is 0 Å². The molecule has 1 aromatic carbocycles. The average molecular weight is 412 g/mol. The van der Waals surface area contributed by atoms with E-state index in [-0.39, 0.29) is 17.2 Å². The predicted octanol–water partition coefficient (Wildman–Crippen LogP) is 3.18. The van der Waals surface area contributed by atoms with Crippen LogP contribution in [-0.4, -0.2) is 27.3 Å². The van der Waals surface area contributed by atoms with Crippen LogP contribution >= 0.6 is 0 Å². The summed E-state index contributed by atoms with van der Waals surface area (Å²) in [5.41, 5.74) is 1.20. The molecule has 2 saturated carbocycles. The Morgan fingerprint density at radius 2 is 1.93 bits per heavy atom. The minimum atomic E-state index is -0.958. The summed E-state index contributed by atoms with van der Waals surface area (Å²) in [4.78, 5) is 37.9. The first kappa shape index (κ1) is 20.4. The number of hydrogen-bond donors (Lipinski definition) is 1. The molecular weight excluding hydrogens is 382 g/mol. The first-order chi connectivity index (χ1) is 14.3. The van der Waals surface area contributed by atoms with E-state index in [1.165, 1.54) is 23.9 Å².